The van der Waals surface area contributed by atoms with E-state index in [0.717, 1.165) is 88.4 Å². The Labute approximate surface area is 599 Å². The van der Waals surface area contributed by atoms with Crippen molar-refractivity contribution in [1.82, 2.24) is 29.9 Å². The first-order chi connectivity index (χ1) is 51.6. The molecule has 0 spiro atoms. The first kappa shape index (κ1) is 60.2. The summed E-state index contributed by atoms with van der Waals surface area (Å²) in [6, 6.07) is 128. The number of rotatable bonds is 10. The van der Waals surface area contributed by atoms with E-state index in [1.54, 1.807) is 0 Å². The molecule has 2 aliphatic rings. The zero-order valence-corrected chi connectivity index (χ0v) is 56.1. The van der Waals surface area contributed by atoms with Crippen LogP contribution in [0, 0.1) is 0 Å². The van der Waals surface area contributed by atoms with Crippen LogP contribution in [-0.4, -0.2) is 29.9 Å². The van der Waals surface area contributed by atoms with Crippen LogP contribution >= 0.6 is 0 Å². The van der Waals surface area contributed by atoms with E-state index >= 15 is 0 Å². The number of para-hydroxylation sites is 2. The number of benzene rings is 15. The molecule has 104 heavy (non-hydrogen) atoms. The van der Waals surface area contributed by atoms with Gasteiger partial charge in [-0.05, 0) is 90.2 Å². The first-order valence-corrected chi connectivity index (χ1v) is 35.2. The van der Waals surface area contributed by atoms with Crippen molar-refractivity contribution in [3.63, 3.8) is 0 Å². The highest BCUT2D eigenvalue weighted by molar-refractivity contribution is 6.13. The largest absolute Gasteiger partial charge is 0.456 e. The first-order valence-electron chi connectivity index (χ1n) is 35.2. The molecule has 8 nitrogen and oxygen atoms in total. The van der Waals surface area contributed by atoms with Gasteiger partial charge in [-0.15, -0.1) is 0 Å². The minimum atomic E-state index is -0.587. The Morgan fingerprint density at radius 2 is 0.615 bits per heavy atom. The second kappa shape index (κ2) is 24.5. The van der Waals surface area contributed by atoms with Crippen LogP contribution < -0.4 is 0 Å². The Bertz CT molecular complexity index is 6380. The Kier molecular flexibility index (Phi) is 14.2. The molecule has 21 rings (SSSR count). The van der Waals surface area contributed by atoms with Crippen molar-refractivity contribution in [2.75, 3.05) is 0 Å². The number of hydrogen-bond acceptors (Lipinski definition) is 8. The highest BCUT2D eigenvalue weighted by atomic mass is 16.3. The Balaban J connectivity index is 0.000000139. The van der Waals surface area contributed by atoms with Crippen molar-refractivity contribution < 1.29 is 8.83 Å². The predicted octanol–water partition coefficient (Wildman–Crippen LogP) is 23.4. The van der Waals surface area contributed by atoms with Gasteiger partial charge in [0.1, 0.15) is 22.3 Å². The van der Waals surface area contributed by atoms with E-state index in [9.17, 15) is 0 Å². The number of nitrogens with zero attached hydrogens (tertiary/aromatic N) is 6. The topological polar surface area (TPSA) is 104 Å². The molecule has 4 aromatic heterocycles. The molecule has 1 atom stereocenters. The summed E-state index contributed by atoms with van der Waals surface area (Å²) in [6.07, 6.45) is 0. The van der Waals surface area contributed by atoms with Crippen molar-refractivity contribution in [3.8, 4) is 90.6 Å². The van der Waals surface area contributed by atoms with Crippen molar-refractivity contribution in [2.45, 2.75) is 10.8 Å². The third kappa shape index (κ3) is 9.46. The van der Waals surface area contributed by atoms with Crippen LogP contribution in [0.3, 0.4) is 0 Å². The average Bonchev–Trinajstić information content (AvgIpc) is 1.52. The summed E-state index contributed by atoms with van der Waals surface area (Å²) in [4.78, 5) is 30.1. The lowest BCUT2D eigenvalue weighted by molar-refractivity contribution is 0.648. The second-order valence-electron chi connectivity index (χ2n) is 26.6. The fourth-order valence-electron chi connectivity index (χ4n) is 16.6. The van der Waals surface area contributed by atoms with E-state index < -0.39 is 10.8 Å². The van der Waals surface area contributed by atoms with Gasteiger partial charge in [-0.25, -0.2) is 29.9 Å². The van der Waals surface area contributed by atoms with E-state index in [1.165, 1.54) is 66.4 Å². The summed E-state index contributed by atoms with van der Waals surface area (Å²) in [6.45, 7) is 0. The molecule has 19 aromatic rings. The van der Waals surface area contributed by atoms with E-state index in [2.05, 4.69) is 231 Å². The van der Waals surface area contributed by atoms with Gasteiger partial charge in [0.2, 0.25) is 0 Å². The third-order valence-electron chi connectivity index (χ3n) is 21.0. The van der Waals surface area contributed by atoms with E-state index in [1.807, 2.05) is 133 Å². The number of aromatic nitrogens is 6. The van der Waals surface area contributed by atoms with Crippen LogP contribution in [-0.2, 0) is 10.8 Å². The van der Waals surface area contributed by atoms with Gasteiger partial charge in [-0.2, -0.15) is 0 Å². The van der Waals surface area contributed by atoms with Crippen molar-refractivity contribution in [3.05, 3.63) is 408 Å². The molecule has 0 bridgehead atoms. The van der Waals surface area contributed by atoms with Gasteiger partial charge in [-0.1, -0.05) is 346 Å². The molecule has 1 unspecified atom stereocenters. The van der Waals surface area contributed by atoms with Gasteiger partial charge in [0.25, 0.3) is 0 Å². The Hall–Kier alpha value is -13.8. The van der Waals surface area contributed by atoms with E-state index in [-0.39, 0.29) is 0 Å². The zero-order chi connectivity index (χ0) is 68.7. The lowest BCUT2D eigenvalue weighted by Crippen LogP contribution is -2.28. The van der Waals surface area contributed by atoms with Gasteiger partial charge >= 0.3 is 0 Å². The number of hydrogen-bond donors (Lipinski definition) is 0. The zero-order valence-electron chi connectivity index (χ0n) is 56.1. The monoisotopic (exact) mass is 1330 g/mol. The van der Waals surface area contributed by atoms with Crippen LogP contribution in [0.4, 0.5) is 0 Å². The molecule has 0 radical (unpaired) electrons. The van der Waals surface area contributed by atoms with Crippen LogP contribution in [0.2, 0.25) is 0 Å². The molecular formula is C96H60N6O2. The molecule has 0 saturated carbocycles. The highest BCUT2D eigenvalue weighted by Crippen LogP contribution is 2.60. The minimum absolute atomic E-state index is 0.559. The maximum absolute atomic E-state index is 7.15. The SMILES string of the molecule is c1ccc(-c2nc(-c3ccccc3)nc(-c3cccc4c3oc3c(C5(c6ccccc6)c6ccccc6-c6ccccc65)cccc34)n2)cc1.c1ccc(-c2nc(-c3ccccc3)nc(-c3cccc4oc5cc(C6(c7ccccc7)c7ccccc7-c7c6ccc6ccccc76)ccc5c34)n2)cc1. The predicted molar refractivity (Wildman–Crippen MR) is 419 cm³/mol. The summed E-state index contributed by atoms with van der Waals surface area (Å²) in [7, 11) is 0. The minimum Gasteiger partial charge on any atom is -0.456 e. The molecular weight excluding hydrogens is 1270 g/mol. The lowest BCUT2D eigenvalue weighted by atomic mass is 9.67. The van der Waals surface area contributed by atoms with Gasteiger partial charge in [-0.3, -0.25) is 0 Å². The molecule has 0 amide bonds. The maximum atomic E-state index is 7.15. The Morgan fingerprint density at radius 1 is 0.212 bits per heavy atom. The van der Waals surface area contributed by atoms with Gasteiger partial charge in [0, 0.05) is 54.9 Å². The molecule has 8 heteroatoms. The summed E-state index contributed by atoms with van der Waals surface area (Å²) in [5.41, 5.74) is 22.3. The van der Waals surface area contributed by atoms with E-state index in [4.69, 9.17) is 38.7 Å². The second-order valence-corrected chi connectivity index (χ2v) is 26.6. The third-order valence-corrected chi connectivity index (χ3v) is 21.0. The van der Waals surface area contributed by atoms with Crippen molar-refractivity contribution >= 4 is 54.6 Å². The van der Waals surface area contributed by atoms with E-state index in [0.29, 0.717) is 34.9 Å². The fourth-order valence-corrected chi connectivity index (χ4v) is 16.6. The quantitative estimate of drug-likeness (QED) is 0.133. The summed E-state index contributed by atoms with van der Waals surface area (Å²) >= 11 is 0. The summed E-state index contributed by atoms with van der Waals surface area (Å²) in [5.74, 6) is 3.66. The van der Waals surface area contributed by atoms with Crippen molar-refractivity contribution in [2.24, 2.45) is 0 Å². The number of furan rings is 2. The number of fused-ring (bicyclic) bond motifs is 14. The van der Waals surface area contributed by atoms with Crippen LogP contribution in [0.25, 0.3) is 145 Å². The molecule has 0 fully saturated rings. The molecule has 0 saturated heterocycles. The van der Waals surface area contributed by atoms with Crippen LogP contribution in [0.5, 0.6) is 0 Å². The molecule has 2 aliphatic carbocycles. The Morgan fingerprint density at radius 3 is 1.18 bits per heavy atom. The smallest absolute Gasteiger partial charge is 0.167 e. The average molecular weight is 1330 g/mol. The van der Waals surface area contributed by atoms with Gasteiger partial charge in [0.15, 0.2) is 34.9 Å². The van der Waals surface area contributed by atoms with Gasteiger partial charge in [0.05, 0.1) is 16.4 Å². The lowest BCUT2D eigenvalue weighted by Gasteiger charge is -2.33. The standard InChI is InChI=1S/C50H31N3O.C46H29N3O/c1-4-16-33(17-5-1)47-51-48(34-18-6-2-7-19-34)53-49(52-47)40-24-14-26-43-46(40)39-29-28-36(31-44(39)54-43)50(35-20-8-3-9-21-35)41-25-13-12-23-38(41)45-37-22-11-10-15-32(37)27-30-42(45)50;1-4-16-30(17-5-1)43-47-44(31-18-6-2-7-19-31)49-45(48-43)37-26-14-24-35-36-25-15-29-40(42(36)50-41(35)37)46(32-20-8-3-9-21-32)38-27-12-10-22-33(38)34-23-11-13-28-39(34)46/h1-31H;1-29H. The molecule has 0 aliphatic heterocycles. The van der Waals surface area contributed by atoms with Crippen LogP contribution in [0.1, 0.15) is 44.5 Å². The summed E-state index contributed by atoms with van der Waals surface area (Å²) < 4.78 is 13.9. The van der Waals surface area contributed by atoms with Crippen LogP contribution in [0.15, 0.2) is 373 Å². The summed E-state index contributed by atoms with van der Waals surface area (Å²) in [5, 5.41) is 6.56. The maximum Gasteiger partial charge on any atom is 0.167 e. The molecule has 4 heterocycles. The molecule has 15 aromatic carbocycles. The molecule has 0 N–H and O–H groups in total. The fraction of sp³-hybridized carbons (Fsp3) is 0.0208. The molecule has 486 valence electrons. The highest BCUT2D eigenvalue weighted by Gasteiger charge is 2.49. The van der Waals surface area contributed by atoms with Gasteiger partial charge < -0.3 is 8.83 Å². The van der Waals surface area contributed by atoms with Crippen molar-refractivity contribution in [1.29, 1.82) is 0 Å². The normalized spacial score (nSPS) is 13.9.